The number of rotatable bonds is 5. The van der Waals surface area contributed by atoms with Gasteiger partial charge in [-0.3, -0.25) is 9.59 Å². The number of fused-ring (bicyclic) bond motifs is 3. The fourth-order valence-electron chi connectivity index (χ4n) is 4.79. The predicted molar refractivity (Wildman–Crippen MR) is 92.7 cm³/mol. The number of carbonyl (C=O) groups excluding carboxylic acids is 2. The van der Waals surface area contributed by atoms with Crippen LogP contribution in [0.25, 0.3) is 0 Å². The van der Waals surface area contributed by atoms with Gasteiger partial charge in [0.05, 0.1) is 32.5 Å². The van der Waals surface area contributed by atoms with E-state index in [1.165, 1.54) is 14.2 Å². The van der Waals surface area contributed by atoms with Crippen LogP contribution in [-0.4, -0.2) is 52.1 Å². The van der Waals surface area contributed by atoms with Crippen molar-refractivity contribution in [3.8, 4) is 0 Å². The van der Waals surface area contributed by atoms with Crippen molar-refractivity contribution in [2.75, 3.05) is 34.5 Å². The van der Waals surface area contributed by atoms with Crippen LogP contribution in [0, 0.1) is 11.3 Å². The molecule has 4 unspecified atom stereocenters. The number of carbonyl (C=O) groups is 2. The molecule has 7 nitrogen and oxygen atoms in total. The van der Waals surface area contributed by atoms with Gasteiger partial charge in [0.15, 0.2) is 5.92 Å². The van der Waals surface area contributed by atoms with Crippen molar-refractivity contribution in [3.05, 3.63) is 47.7 Å². The van der Waals surface area contributed by atoms with E-state index in [-0.39, 0.29) is 5.92 Å². The van der Waals surface area contributed by atoms with Gasteiger partial charge in [-0.1, -0.05) is 24.3 Å². The molecule has 2 aliphatic heterocycles. The zero-order chi connectivity index (χ0) is 19.2. The van der Waals surface area contributed by atoms with E-state index in [4.69, 9.17) is 23.7 Å². The maximum Gasteiger partial charge on any atom is 0.323 e. The van der Waals surface area contributed by atoms with Gasteiger partial charge < -0.3 is 23.7 Å². The zero-order valence-electron chi connectivity index (χ0n) is 15.5. The number of ether oxygens (including phenoxy) is 5. The summed E-state index contributed by atoms with van der Waals surface area (Å²) in [7, 11) is 4.13. The molecule has 1 fully saturated rings. The van der Waals surface area contributed by atoms with E-state index < -0.39 is 35.0 Å². The lowest BCUT2D eigenvalue weighted by Gasteiger charge is -2.35. The predicted octanol–water partition coefficient (Wildman–Crippen LogP) is 1.73. The normalized spacial score (nSPS) is 32.6. The second-order valence-corrected chi connectivity index (χ2v) is 7.10. The third-order valence-corrected chi connectivity index (χ3v) is 5.99. The van der Waals surface area contributed by atoms with Crippen LogP contribution in [0.1, 0.15) is 23.1 Å². The van der Waals surface area contributed by atoms with E-state index in [0.717, 1.165) is 11.1 Å². The van der Waals surface area contributed by atoms with Crippen LogP contribution in [0.4, 0.5) is 0 Å². The molecular formula is C20H22O7. The lowest BCUT2D eigenvalue weighted by Crippen LogP contribution is -2.42. The molecule has 1 saturated carbocycles. The molecule has 144 valence electrons. The molecule has 0 amide bonds. The lowest BCUT2D eigenvalue weighted by atomic mass is 9.87. The Morgan fingerprint density at radius 1 is 1.15 bits per heavy atom. The third-order valence-electron chi connectivity index (χ3n) is 5.99. The fraction of sp³-hybridized carbons (Fsp3) is 0.500. The minimum absolute atomic E-state index is 0.0205. The van der Waals surface area contributed by atoms with Crippen LogP contribution in [0.3, 0.4) is 0 Å². The molecule has 0 aromatic heterocycles. The maximum absolute atomic E-state index is 12.4. The topological polar surface area (TPSA) is 80.3 Å². The summed E-state index contributed by atoms with van der Waals surface area (Å²) in [5.74, 6) is -2.58. The molecular weight excluding hydrogens is 352 g/mol. The summed E-state index contributed by atoms with van der Waals surface area (Å²) < 4.78 is 27.3. The molecule has 2 heterocycles. The molecule has 3 aliphatic rings. The molecule has 1 aromatic carbocycles. The largest absolute Gasteiger partial charge is 0.498 e. The van der Waals surface area contributed by atoms with E-state index in [1.807, 2.05) is 30.3 Å². The maximum atomic E-state index is 12.4. The summed E-state index contributed by atoms with van der Waals surface area (Å²) in [6, 6.07) is 7.68. The highest BCUT2D eigenvalue weighted by atomic mass is 16.6. The molecule has 0 N–H and O–H groups in total. The number of hydrogen-bond donors (Lipinski definition) is 0. The van der Waals surface area contributed by atoms with E-state index in [1.54, 1.807) is 13.4 Å². The first-order valence-electron chi connectivity index (χ1n) is 8.77. The Hall–Kier alpha value is -2.38. The summed E-state index contributed by atoms with van der Waals surface area (Å²) in [5.41, 5.74) is 0.713. The Morgan fingerprint density at radius 2 is 1.81 bits per heavy atom. The van der Waals surface area contributed by atoms with Crippen molar-refractivity contribution in [3.63, 3.8) is 0 Å². The Labute approximate surface area is 157 Å². The smallest absolute Gasteiger partial charge is 0.323 e. The molecule has 0 radical (unpaired) electrons. The average Bonchev–Trinajstić information content (AvgIpc) is 3.30. The van der Waals surface area contributed by atoms with Crippen molar-refractivity contribution < 1.29 is 33.3 Å². The van der Waals surface area contributed by atoms with Gasteiger partial charge >= 0.3 is 11.9 Å². The Balaban J connectivity index is 1.84. The van der Waals surface area contributed by atoms with E-state index in [0.29, 0.717) is 13.2 Å². The molecule has 1 spiro atoms. The molecule has 4 rings (SSSR count). The van der Waals surface area contributed by atoms with Crippen LogP contribution in [-0.2, 0) is 33.3 Å². The van der Waals surface area contributed by atoms with E-state index in [2.05, 4.69) is 0 Å². The van der Waals surface area contributed by atoms with Crippen LogP contribution in [0.2, 0.25) is 0 Å². The number of hydrogen-bond acceptors (Lipinski definition) is 7. The first kappa shape index (κ1) is 18.0. The molecule has 0 saturated heterocycles. The van der Waals surface area contributed by atoms with E-state index >= 15 is 0 Å². The van der Waals surface area contributed by atoms with Crippen LogP contribution in [0.5, 0.6) is 0 Å². The van der Waals surface area contributed by atoms with Gasteiger partial charge in [-0.25, -0.2) is 0 Å². The second-order valence-electron chi connectivity index (χ2n) is 7.10. The Kier molecular flexibility index (Phi) is 4.24. The van der Waals surface area contributed by atoms with Crippen LogP contribution >= 0.6 is 0 Å². The van der Waals surface area contributed by atoms with Crippen molar-refractivity contribution in [2.24, 2.45) is 11.3 Å². The summed E-state index contributed by atoms with van der Waals surface area (Å²) >= 11 is 0. The zero-order valence-corrected chi connectivity index (χ0v) is 15.5. The van der Waals surface area contributed by atoms with Gasteiger partial charge in [0.1, 0.15) is 18.3 Å². The molecule has 27 heavy (non-hydrogen) atoms. The quantitative estimate of drug-likeness (QED) is 0.574. The number of esters is 2. The fourth-order valence-corrected chi connectivity index (χ4v) is 4.79. The van der Waals surface area contributed by atoms with Crippen molar-refractivity contribution >= 4 is 11.9 Å². The van der Waals surface area contributed by atoms with Gasteiger partial charge in [0, 0.05) is 13.0 Å². The lowest BCUT2D eigenvalue weighted by molar-refractivity contribution is -0.176. The van der Waals surface area contributed by atoms with Gasteiger partial charge in [-0.2, -0.15) is 0 Å². The Morgan fingerprint density at radius 3 is 2.44 bits per heavy atom. The summed E-state index contributed by atoms with van der Waals surface area (Å²) in [4.78, 5) is 24.9. The van der Waals surface area contributed by atoms with E-state index in [9.17, 15) is 9.59 Å². The number of benzene rings is 1. The Bertz CT molecular complexity index is 787. The highest BCUT2D eigenvalue weighted by Gasteiger charge is 2.81. The molecule has 7 heteroatoms. The van der Waals surface area contributed by atoms with Crippen molar-refractivity contribution in [1.29, 1.82) is 0 Å². The molecule has 4 atom stereocenters. The summed E-state index contributed by atoms with van der Waals surface area (Å²) in [5, 5.41) is 0. The highest BCUT2D eigenvalue weighted by Crippen LogP contribution is 2.76. The first-order chi connectivity index (χ1) is 13.1. The minimum Gasteiger partial charge on any atom is -0.498 e. The SMILES string of the molecule is COCC12C=COCC13OC(C(C(=O)OC)C(=O)OC)c1ccccc1C23. The van der Waals surface area contributed by atoms with Crippen molar-refractivity contribution in [1.82, 2.24) is 0 Å². The van der Waals surface area contributed by atoms with Crippen LogP contribution < -0.4 is 0 Å². The van der Waals surface area contributed by atoms with Gasteiger partial charge in [0.2, 0.25) is 0 Å². The monoisotopic (exact) mass is 374 g/mol. The highest BCUT2D eigenvalue weighted by molar-refractivity contribution is 5.96. The van der Waals surface area contributed by atoms with Gasteiger partial charge in [-0.05, 0) is 17.2 Å². The average molecular weight is 374 g/mol. The van der Waals surface area contributed by atoms with Gasteiger partial charge in [-0.15, -0.1) is 0 Å². The number of methoxy groups -OCH3 is 3. The molecule has 1 aromatic rings. The third kappa shape index (κ3) is 2.28. The minimum atomic E-state index is -1.22. The second kappa shape index (κ2) is 6.35. The van der Waals surface area contributed by atoms with Crippen molar-refractivity contribution in [2.45, 2.75) is 17.6 Å². The molecule has 1 aliphatic carbocycles. The van der Waals surface area contributed by atoms with Gasteiger partial charge in [0.25, 0.3) is 0 Å². The summed E-state index contributed by atoms with van der Waals surface area (Å²) in [6.45, 7) is 0.761. The standard InChI is InChI=1S/C20H22O7/c1-23-10-19-8-9-26-11-20(19)16(19)13-7-5-4-6-12(13)15(27-20)14(17(21)24-2)18(22)25-3/h4-9,14-16H,10-11H2,1-3H3. The summed E-state index contributed by atoms with van der Waals surface area (Å²) in [6.07, 6.45) is 2.81. The van der Waals surface area contributed by atoms with Crippen LogP contribution in [0.15, 0.2) is 36.6 Å². The molecule has 0 bridgehead atoms. The first-order valence-corrected chi connectivity index (χ1v) is 8.77.